The summed E-state index contributed by atoms with van der Waals surface area (Å²) >= 11 is 0. The Hall–Kier alpha value is -1.89. The number of nitrogens with zero attached hydrogens (tertiary/aromatic N) is 3. The maximum Gasteiger partial charge on any atom is 0.243 e. The van der Waals surface area contributed by atoms with Crippen LogP contribution in [0.25, 0.3) is 0 Å². The maximum atomic E-state index is 13.3. The average molecular weight is 496 g/mol. The summed E-state index contributed by atoms with van der Waals surface area (Å²) in [5, 5.41) is 0. The van der Waals surface area contributed by atoms with Gasteiger partial charge in [0, 0.05) is 51.0 Å². The molecule has 5 nitrogen and oxygen atoms in total. The van der Waals surface area contributed by atoms with Crippen LogP contribution in [-0.4, -0.2) is 62.9 Å². The number of benzene rings is 2. The second kappa shape index (κ2) is 9.87. The van der Waals surface area contributed by atoms with Crippen LogP contribution in [0.1, 0.15) is 63.1 Å². The van der Waals surface area contributed by atoms with Crippen molar-refractivity contribution in [2.45, 2.75) is 75.6 Å². The lowest BCUT2D eigenvalue weighted by Crippen LogP contribution is -2.48. The summed E-state index contributed by atoms with van der Waals surface area (Å²) in [6, 6.07) is 15.2. The van der Waals surface area contributed by atoms with Crippen molar-refractivity contribution < 1.29 is 8.42 Å². The van der Waals surface area contributed by atoms with E-state index in [1.807, 2.05) is 12.1 Å². The third-order valence-corrected chi connectivity index (χ3v) is 10.2. The van der Waals surface area contributed by atoms with E-state index in [0.717, 1.165) is 37.5 Å². The molecule has 0 unspecified atom stereocenters. The van der Waals surface area contributed by atoms with E-state index in [0.29, 0.717) is 18.0 Å². The lowest BCUT2D eigenvalue weighted by Gasteiger charge is -2.35. The van der Waals surface area contributed by atoms with Gasteiger partial charge in [-0.2, -0.15) is 4.31 Å². The molecule has 2 aromatic carbocycles. The summed E-state index contributed by atoms with van der Waals surface area (Å²) in [6.07, 6.45) is 7.79. The quantitative estimate of drug-likeness (QED) is 0.609. The van der Waals surface area contributed by atoms with Crippen LogP contribution in [0.4, 0.5) is 5.69 Å². The molecule has 0 N–H and O–H groups in total. The molecule has 0 amide bonds. The first-order valence-corrected chi connectivity index (χ1v) is 14.9. The fourth-order valence-corrected chi connectivity index (χ4v) is 7.44. The van der Waals surface area contributed by atoms with E-state index in [9.17, 15) is 8.42 Å². The van der Waals surface area contributed by atoms with Gasteiger partial charge < -0.3 is 4.90 Å². The van der Waals surface area contributed by atoms with Crippen LogP contribution in [0, 0.1) is 0 Å². The number of rotatable bonds is 4. The Morgan fingerprint density at radius 1 is 0.771 bits per heavy atom. The first-order valence-electron chi connectivity index (χ1n) is 13.4. The predicted octanol–water partition coefficient (Wildman–Crippen LogP) is 4.84. The molecular weight excluding hydrogens is 454 g/mol. The minimum atomic E-state index is -3.46. The van der Waals surface area contributed by atoms with E-state index in [-0.39, 0.29) is 5.41 Å². The first-order chi connectivity index (χ1) is 16.7. The lowest BCUT2D eigenvalue weighted by atomic mass is 9.87. The molecule has 190 valence electrons. The fraction of sp³-hybridized carbons (Fsp3) is 0.586. The van der Waals surface area contributed by atoms with Crippen LogP contribution >= 0.6 is 0 Å². The van der Waals surface area contributed by atoms with E-state index in [2.05, 4.69) is 48.8 Å². The Morgan fingerprint density at radius 2 is 1.40 bits per heavy atom. The van der Waals surface area contributed by atoms with Gasteiger partial charge in [-0.3, -0.25) is 4.90 Å². The molecule has 0 radical (unpaired) electrons. The zero-order valence-electron chi connectivity index (χ0n) is 21.7. The number of hydrogen-bond donors (Lipinski definition) is 0. The van der Waals surface area contributed by atoms with Crippen molar-refractivity contribution in [1.82, 2.24) is 9.21 Å². The third kappa shape index (κ3) is 5.30. The molecule has 5 rings (SSSR count). The summed E-state index contributed by atoms with van der Waals surface area (Å²) in [7, 11) is -3.46. The van der Waals surface area contributed by atoms with Crippen LogP contribution in [0.5, 0.6) is 0 Å². The van der Waals surface area contributed by atoms with Crippen LogP contribution in [0.3, 0.4) is 0 Å². The smallest absolute Gasteiger partial charge is 0.243 e. The number of anilines is 1. The number of piperazine rings is 1. The Kier molecular flexibility index (Phi) is 6.99. The van der Waals surface area contributed by atoms with Gasteiger partial charge in [0.05, 0.1) is 4.90 Å². The lowest BCUT2D eigenvalue weighted by molar-refractivity contribution is 0.208. The Morgan fingerprint density at radius 3 is 2.03 bits per heavy atom. The number of fused-ring (bicyclic) bond motifs is 1. The molecule has 1 aliphatic carbocycles. The molecule has 2 aliphatic heterocycles. The summed E-state index contributed by atoms with van der Waals surface area (Å²) in [4.78, 5) is 5.48. The van der Waals surface area contributed by atoms with Gasteiger partial charge in [0.2, 0.25) is 10.0 Å². The second-order valence-electron chi connectivity index (χ2n) is 11.6. The highest BCUT2D eigenvalue weighted by Gasteiger charge is 2.30. The van der Waals surface area contributed by atoms with E-state index in [4.69, 9.17) is 0 Å². The topological polar surface area (TPSA) is 43.9 Å². The van der Waals surface area contributed by atoms with Gasteiger partial charge >= 0.3 is 0 Å². The highest BCUT2D eigenvalue weighted by Crippen LogP contribution is 2.29. The monoisotopic (exact) mass is 495 g/mol. The summed E-state index contributed by atoms with van der Waals surface area (Å²) < 4.78 is 28.2. The zero-order chi connectivity index (χ0) is 24.6. The normalized spacial score (nSPS) is 21.2. The molecule has 0 aromatic heterocycles. The molecule has 2 heterocycles. The van der Waals surface area contributed by atoms with Crippen molar-refractivity contribution in [1.29, 1.82) is 0 Å². The molecule has 1 saturated heterocycles. The molecule has 0 spiro atoms. The maximum absolute atomic E-state index is 13.3. The SMILES string of the molecule is CC(C)(C)c1ccc(S(=O)(=O)N2CCN(c3ccc4c(c3)CCN(C3CCCC3)CC4)CC2)cc1. The molecule has 0 atom stereocenters. The summed E-state index contributed by atoms with van der Waals surface area (Å²) in [6.45, 7) is 11.3. The Labute approximate surface area is 212 Å². The highest BCUT2D eigenvalue weighted by atomic mass is 32.2. The number of hydrogen-bond acceptors (Lipinski definition) is 4. The highest BCUT2D eigenvalue weighted by molar-refractivity contribution is 7.89. The van der Waals surface area contributed by atoms with Gasteiger partial charge in [0.15, 0.2) is 0 Å². The van der Waals surface area contributed by atoms with E-state index in [1.54, 1.807) is 16.4 Å². The van der Waals surface area contributed by atoms with Crippen LogP contribution in [0.15, 0.2) is 47.4 Å². The van der Waals surface area contributed by atoms with E-state index < -0.39 is 10.0 Å². The van der Waals surface area contributed by atoms with Gasteiger partial charge in [-0.15, -0.1) is 0 Å². The molecule has 3 aliphatic rings. The molecular formula is C29H41N3O2S. The first kappa shape index (κ1) is 24.8. The number of sulfonamides is 1. The minimum Gasteiger partial charge on any atom is -0.369 e. The van der Waals surface area contributed by atoms with Gasteiger partial charge in [0.1, 0.15) is 0 Å². The van der Waals surface area contributed by atoms with Gasteiger partial charge in [-0.1, -0.05) is 51.8 Å². The summed E-state index contributed by atoms with van der Waals surface area (Å²) in [5.74, 6) is 0. The fourth-order valence-electron chi connectivity index (χ4n) is 6.02. The van der Waals surface area contributed by atoms with Crippen molar-refractivity contribution >= 4 is 15.7 Å². The minimum absolute atomic E-state index is 0.0105. The van der Waals surface area contributed by atoms with Crippen molar-refractivity contribution in [2.24, 2.45) is 0 Å². The summed E-state index contributed by atoms with van der Waals surface area (Å²) in [5.41, 5.74) is 5.38. The Balaban J connectivity index is 1.22. The molecule has 6 heteroatoms. The van der Waals surface area contributed by atoms with Crippen LogP contribution in [0.2, 0.25) is 0 Å². The average Bonchev–Trinajstić information content (AvgIpc) is 3.31. The largest absolute Gasteiger partial charge is 0.369 e. The van der Waals surface area contributed by atoms with E-state index in [1.165, 1.54) is 55.6 Å². The third-order valence-electron chi connectivity index (χ3n) is 8.33. The van der Waals surface area contributed by atoms with Gasteiger partial charge in [0.25, 0.3) is 0 Å². The molecule has 1 saturated carbocycles. The van der Waals surface area contributed by atoms with Crippen LogP contribution < -0.4 is 4.90 Å². The second-order valence-corrected chi connectivity index (χ2v) is 13.5. The predicted molar refractivity (Wildman–Crippen MR) is 144 cm³/mol. The van der Waals surface area contributed by atoms with Crippen molar-refractivity contribution in [3.05, 3.63) is 59.2 Å². The van der Waals surface area contributed by atoms with Crippen molar-refractivity contribution in [3.8, 4) is 0 Å². The molecule has 2 aromatic rings. The molecule has 35 heavy (non-hydrogen) atoms. The zero-order valence-corrected chi connectivity index (χ0v) is 22.5. The standard InChI is InChI=1S/C29H41N3O2S/c1-29(2,3)25-9-12-28(13-10-25)35(33,34)32-20-18-31(19-21-32)27-11-8-23-14-16-30(17-15-24(23)22-27)26-6-4-5-7-26/h8-13,22,26H,4-7,14-21H2,1-3H3. The Bertz CT molecular complexity index is 1120. The van der Waals surface area contributed by atoms with Crippen LogP contribution in [-0.2, 0) is 28.3 Å². The van der Waals surface area contributed by atoms with Gasteiger partial charge in [-0.25, -0.2) is 8.42 Å². The van der Waals surface area contributed by atoms with Crippen molar-refractivity contribution in [3.63, 3.8) is 0 Å². The van der Waals surface area contributed by atoms with Crippen molar-refractivity contribution in [2.75, 3.05) is 44.2 Å². The van der Waals surface area contributed by atoms with Gasteiger partial charge in [-0.05, 0) is 72.1 Å². The van der Waals surface area contributed by atoms with E-state index >= 15 is 0 Å². The molecule has 2 fully saturated rings. The molecule has 0 bridgehead atoms.